The van der Waals surface area contributed by atoms with Crippen LogP contribution in [0.25, 0.3) is 11.1 Å². The minimum absolute atomic E-state index is 0.485. The van der Waals surface area contributed by atoms with E-state index in [0.717, 1.165) is 17.4 Å². The number of halogens is 2. The summed E-state index contributed by atoms with van der Waals surface area (Å²) in [7, 11) is 1.52. The Morgan fingerprint density at radius 2 is 1.78 bits per heavy atom. The first kappa shape index (κ1) is 12.9. The number of ether oxygens (including phenoxy) is 1. The molecule has 0 aromatic heterocycles. The molecule has 0 amide bonds. The molecule has 2 nitrogen and oxygen atoms in total. The SMILES string of the molecule is COc1cccc(-c2cc(Cl)cc(Cl)c2)c1C=O. The van der Waals surface area contributed by atoms with Crippen LogP contribution in [0.2, 0.25) is 10.0 Å². The number of carbonyl (C=O) groups is 1. The highest BCUT2D eigenvalue weighted by molar-refractivity contribution is 6.35. The van der Waals surface area contributed by atoms with Gasteiger partial charge in [0.25, 0.3) is 0 Å². The van der Waals surface area contributed by atoms with Gasteiger partial charge in [-0.25, -0.2) is 0 Å². The van der Waals surface area contributed by atoms with Crippen molar-refractivity contribution in [3.8, 4) is 16.9 Å². The van der Waals surface area contributed by atoms with Crippen LogP contribution in [0.15, 0.2) is 36.4 Å². The highest BCUT2D eigenvalue weighted by Crippen LogP contribution is 2.32. The molecule has 2 aromatic rings. The van der Waals surface area contributed by atoms with E-state index in [4.69, 9.17) is 27.9 Å². The van der Waals surface area contributed by atoms with Crippen molar-refractivity contribution in [1.82, 2.24) is 0 Å². The summed E-state index contributed by atoms with van der Waals surface area (Å²) in [5.74, 6) is 0.526. The molecule has 0 heterocycles. The van der Waals surface area contributed by atoms with E-state index in [1.54, 1.807) is 24.3 Å². The molecule has 0 N–H and O–H groups in total. The van der Waals surface area contributed by atoms with Gasteiger partial charge in [-0.05, 0) is 35.4 Å². The molecule has 0 aliphatic heterocycles. The number of hydrogen-bond acceptors (Lipinski definition) is 2. The van der Waals surface area contributed by atoms with Crippen LogP contribution in [0.4, 0.5) is 0 Å². The van der Waals surface area contributed by atoms with Crippen molar-refractivity contribution < 1.29 is 9.53 Å². The van der Waals surface area contributed by atoms with Crippen LogP contribution >= 0.6 is 23.2 Å². The van der Waals surface area contributed by atoms with E-state index in [1.807, 2.05) is 12.1 Å². The predicted molar refractivity (Wildman–Crippen MR) is 73.8 cm³/mol. The molecule has 0 spiro atoms. The Morgan fingerprint density at radius 1 is 1.11 bits per heavy atom. The van der Waals surface area contributed by atoms with Gasteiger partial charge in [0.15, 0.2) is 6.29 Å². The summed E-state index contributed by atoms with van der Waals surface area (Å²) in [4.78, 5) is 11.2. The lowest BCUT2D eigenvalue weighted by Gasteiger charge is -2.10. The van der Waals surface area contributed by atoms with Crippen LogP contribution in [0, 0.1) is 0 Å². The summed E-state index contributed by atoms with van der Waals surface area (Å²) in [6, 6.07) is 10.5. The van der Waals surface area contributed by atoms with Crippen LogP contribution in [0.3, 0.4) is 0 Å². The Labute approximate surface area is 115 Å². The van der Waals surface area contributed by atoms with Gasteiger partial charge >= 0.3 is 0 Å². The number of carbonyl (C=O) groups excluding carboxylic acids is 1. The first-order valence-electron chi connectivity index (χ1n) is 5.24. The van der Waals surface area contributed by atoms with Gasteiger partial charge in [-0.3, -0.25) is 4.79 Å². The third-order valence-electron chi connectivity index (χ3n) is 2.58. The largest absolute Gasteiger partial charge is 0.496 e. The van der Waals surface area contributed by atoms with Crippen molar-refractivity contribution in [2.45, 2.75) is 0 Å². The monoisotopic (exact) mass is 280 g/mol. The van der Waals surface area contributed by atoms with E-state index >= 15 is 0 Å². The van der Waals surface area contributed by atoms with Crippen LogP contribution < -0.4 is 4.74 Å². The molecular formula is C14H10Cl2O2. The topological polar surface area (TPSA) is 26.3 Å². The third-order valence-corrected chi connectivity index (χ3v) is 3.01. The fourth-order valence-corrected chi connectivity index (χ4v) is 2.33. The van der Waals surface area contributed by atoms with Gasteiger partial charge in [-0.2, -0.15) is 0 Å². The van der Waals surface area contributed by atoms with Crippen LogP contribution in [0.1, 0.15) is 10.4 Å². The second-order valence-electron chi connectivity index (χ2n) is 3.70. The van der Waals surface area contributed by atoms with Crippen molar-refractivity contribution in [3.63, 3.8) is 0 Å². The van der Waals surface area contributed by atoms with E-state index in [2.05, 4.69) is 0 Å². The lowest BCUT2D eigenvalue weighted by molar-refractivity contribution is 0.112. The van der Waals surface area contributed by atoms with E-state index in [0.29, 0.717) is 21.4 Å². The summed E-state index contributed by atoms with van der Waals surface area (Å²) in [5.41, 5.74) is 2.01. The Bertz CT molecular complexity index is 574. The summed E-state index contributed by atoms with van der Waals surface area (Å²) in [6.45, 7) is 0. The molecule has 0 aliphatic carbocycles. The minimum atomic E-state index is 0.485. The third kappa shape index (κ3) is 2.50. The van der Waals surface area contributed by atoms with Crippen molar-refractivity contribution >= 4 is 29.5 Å². The van der Waals surface area contributed by atoms with Crippen LogP contribution in [-0.4, -0.2) is 13.4 Å². The van der Waals surface area contributed by atoms with Gasteiger partial charge in [0, 0.05) is 10.0 Å². The van der Waals surface area contributed by atoms with Gasteiger partial charge in [-0.1, -0.05) is 35.3 Å². The second kappa shape index (κ2) is 5.42. The number of benzene rings is 2. The lowest BCUT2D eigenvalue weighted by Crippen LogP contribution is -1.93. The molecule has 0 atom stereocenters. The van der Waals surface area contributed by atoms with Gasteiger partial charge in [-0.15, -0.1) is 0 Å². The molecule has 0 saturated heterocycles. The maximum atomic E-state index is 11.2. The van der Waals surface area contributed by atoms with Gasteiger partial charge in [0.2, 0.25) is 0 Å². The molecule has 0 saturated carbocycles. The Morgan fingerprint density at radius 3 is 2.33 bits per heavy atom. The molecule has 0 unspecified atom stereocenters. The van der Waals surface area contributed by atoms with Gasteiger partial charge < -0.3 is 4.74 Å². The van der Waals surface area contributed by atoms with E-state index in [1.165, 1.54) is 7.11 Å². The van der Waals surface area contributed by atoms with Crippen molar-refractivity contribution in [3.05, 3.63) is 52.0 Å². The fourth-order valence-electron chi connectivity index (χ4n) is 1.80. The van der Waals surface area contributed by atoms with Crippen LogP contribution in [-0.2, 0) is 0 Å². The number of methoxy groups -OCH3 is 1. The zero-order valence-corrected chi connectivity index (χ0v) is 11.1. The van der Waals surface area contributed by atoms with E-state index in [9.17, 15) is 4.79 Å². The first-order valence-corrected chi connectivity index (χ1v) is 6.00. The van der Waals surface area contributed by atoms with E-state index in [-0.39, 0.29) is 0 Å². The van der Waals surface area contributed by atoms with Crippen molar-refractivity contribution in [1.29, 1.82) is 0 Å². The average Bonchev–Trinajstić information content (AvgIpc) is 2.36. The molecule has 2 rings (SSSR count). The van der Waals surface area contributed by atoms with E-state index < -0.39 is 0 Å². The van der Waals surface area contributed by atoms with Gasteiger partial charge in [0.05, 0.1) is 12.7 Å². The van der Waals surface area contributed by atoms with Crippen LogP contribution in [0.5, 0.6) is 5.75 Å². The molecule has 2 aromatic carbocycles. The first-order chi connectivity index (χ1) is 8.65. The molecule has 0 fully saturated rings. The summed E-state index contributed by atoms with van der Waals surface area (Å²) in [5, 5.41) is 1.05. The number of hydrogen-bond donors (Lipinski definition) is 0. The summed E-state index contributed by atoms with van der Waals surface area (Å²) >= 11 is 11.9. The molecular weight excluding hydrogens is 271 g/mol. The van der Waals surface area contributed by atoms with Crippen molar-refractivity contribution in [2.75, 3.05) is 7.11 Å². The molecule has 0 aliphatic rings. The standard InChI is InChI=1S/C14H10Cl2O2/c1-18-14-4-2-3-12(13(14)8-17)9-5-10(15)7-11(16)6-9/h2-8H,1H3. The smallest absolute Gasteiger partial charge is 0.154 e. The van der Waals surface area contributed by atoms with Crippen molar-refractivity contribution in [2.24, 2.45) is 0 Å². The van der Waals surface area contributed by atoms with Gasteiger partial charge in [0.1, 0.15) is 5.75 Å². The Balaban J connectivity index is 2.66. The molecule has 0 bridgehead atoms. The highest BCUT2D eigenvalue weighted by atomic mass is 35.5. The zero-order valence-electron chi connectivity index (χ0n) is 9.61. The highest BCUT2D eigenvalue weighted by Gasteiger charge is 2.11. The molecule has 0 radical (unpaired) electrons. The lowest BCUT2D eigenvalue weighted by atomic mass is 10.00. The maximum absolute atomic E-state index is 11.2. The fraction of sp³-hybridized carbons (Fsp3) is 0.0714. The molecule has 4 heteroatoms. The quantitative estimate of drug-likeness (QED) is 0.775. The predicted octanol–water partition coefficient (Wildman–Crippen LogP) is 4.48. The Hall–Kier alpha value is -1.51. The maximum Gasteiger partial charge on any atom is 0.154 e. The summed E-state index contributed by atoms with van der Waals surface area (Å²) in [6.07, 6.45) is 0.767. The summed E-state index contributed by atoms with van der Waals surface area (Å²) < 4.78 is 5.16. The molecule has 92 valence electrons. The Kier molecular flexibility index (Phi) is 3.90. The number of rotatable bonds is 3. The zero-order chi connectivity index (χ0) is 13.1. The average molecular weight is 281 g/mol. The normalized spacial score (nSPS) is 10.2. The minimum Gasteiger partial charge on any atom is -0.496 e. The number of aldehydes is 1. The second-order valence-corrected chi connectivity index (χ2v) is 4.57. The molecule has 18 heavy (non-hydrogen) atoms.